The molecule has 2 rings (SSSR count). The Morgan fingerprint density at radius 3 is 2.78 bits per heavy atom. The highest BCUT2D eigenvalue weighted by Crippen LogP contribution is 2.23. The van der Waals surface area contributed by atoms with Crippen molar-refractivity contribution in [1.82, 2.24) is 14.7 Å². The fourth-order valence-corrected chi connectivity index (χ4v) is 2.89. The minimum Gasteiger partial charge on any atom is -0.330 e. The average Bonchev–Trinajstić information content (AvgIpc) is 2.81. The minimum absolute atomic E-state index is 0.743. The molecular weight excluding hydrogens is 224 g/mol. The van der Waals surface area contributed by atoms with Crippen molar-refractivity contribution in [2.24, 2.45) is 12.8 Å². The van der Waals surface area contributed by atoms with Gasteiger partial charge in [0.1, 0.15) is 0 Å². The number of rotatable bonds is 6. The molecule has 0 atom stereocenters. The second-order valence-corrected chi connectivity index (χ2v) is 5.39. The molecule has 18 heavy (non-hydrogen) atoms. The minimum atomic E-state index is 0.743. The monoisotopic (exact) mass is 250 g/mol. The van der Waals surface area contributed by atoms with Crippen LogP contribution in [0.1, 0.15) is 44.2 Å². The normalized spacial score (nSPS) is 17.5. The predicted octanol–water partition coefficient (Wildman–Crippen LogP) is 1.90. The summed E-state index contributed by atoms with van der Waals surface area (Å²) in [7, 11) is 1.98. The lowest BCUT2D eigenvalue weighted by Gasteiger charge is -2.33. The van der Waals surface area contributed by atoms with Crippen molar-refractivity contribution in [2.45, 2.75) is 51.1 Å². The van der Waals surface area contributed by atoms with Crippen molar-refractivity contribution >= 4 is 0 Å². The summed E-state index contributed by atoms with van der Waals surface area (Å²) in [5.41, 5.74) is 6.84. The lowest BCUT2D eigenvalue weighted by molar-refractivity contribution is 0.145. The lowest BCUT2D eigenvalue weighted by atomic mass is 9.94. The molecule has 1 fully saturated rings. The first-order chi connectivity index (χ1) is 8.79. The number of aromatic nitrogens is 2. The molecule has 1 aromatic rings. The van der Waals surface area contributed by atoms with Crippen LogP contribution in [0.15, 0.2) is 12.3 Å². The van der Waals surface area contributed by atoms with Gasteiger partial charge in [0.05, 0.1) is 5.69 Å². The quantitative estimate of drug-likeness (QED) is 0.839. The second-order valence-electron chi connectivity index (χ2n) is 5.39. The maximum Gasteiger partial charge on any atom is 0.0764 e. The van der Waals surface area contributed by atoms with E-state index < -0.39 is 0 Å². The molecule has 102 valence electrons. The summed E-state index contributed by atoms with van der Waals surface area (Å²) in [4.78, 5) is 2.59. The molecule has 1 aliphatic carbocycles. The van der Waals surface area contributed by atoms with Gasteiger partial charge in [0, 0.05) is 32.4 Å². The highest BCUT2D eigenvalue weighted by molar-refractivity contribution is 4.99. The molecule has 4 nitrogen and oxygen atoms in total. The van der Waals surface area contributed by atoms with E-state index in [1.54, 1.807) is 0 Å². The van der Waals surface area contributed by atoms with E-state index in [2.05, 4.69) is 16.1 Å². The third kappa shape index (κ3) is 3.82. The van der Waals surface area contributed by atoms with E-state index in [4.69, 9.17) is 5.73 Å². The standard InChI is InChI=1S/C14H26N4/c1-17-11-8-13(16-17)12-18(10-5-9-15)14-6-3-2-4-7-14/h8,11,14H,2-7,9-10,12,15H2,1H3. The van der Waals surface area contributed by atoms with Gasteiger partial charge in [-0.2, -0.15) is 5.10 Å². The number of aryl methyl sites for hydroxylation is 1. The highest BCUT2D eigenvalue weighted by Gasteiger charge is 2.21. The maximum absolute atomic E-state index is 5.66. The fourth-order valence-electron chi connectivity index (χ4n) is 2.89. The molecule has 1 aromatic heterocycles. The molecule has 2 N–H and O–H groups in total. The predicted molar refractivity (Wildman–Crippen MR) is 74.2 cm³/mol. The van der Waals surface area contributed by atoms with Crippen LogP contribution in [0, 0.1) is 0 Å². The molecular formula is C14H26N4. The fraction of sp³-hybridized carbons (Fsp3) is 0.786. The van der Waals surface area contributed by atoms with Crippen molar-refractivity contribution in [3.05, 3.63) is 18.0 Å². The number of hydrogen-bond acceptors (Lipinski definition) is 3. The summed E-state index contributed by atoms with van der Waals surface area (Å²) in [5.74, 6) is 0. The van der Waals surface area contributed by atoms with Gasteiger partial charge in [0.25, 0.3) is 0 Å². The van der Waals surface area contributed by atoms with Crippen LogP contribution in [0.25, 0.3) is 0 Å². The van der Waals surface area contributed by atoms with E-state index in [1.165, 1.54) is 37.8 Å². The Hall–Kier alpha value is -0.870. The third-order valence-electron chi connectivity index (χ3n) is 3.87. The summed E-state index contributed by atoms with van der Waals surface area (Å²) in [6, 6.07) is 2.87. The summed E-state index contributed by atoms with van der Waals surface area (Å²) < 4.78 is 1.89. The Bertz CT molecular complexity index is 341. The van der Waals surface area contributed by atoms with Crippen molar-refractivity contribution in [1.29, 1.82) is 0 Å². The van der Waals surface area contributed by atoms with Crippen LogP contribution in [0.2, 0.25) is 0 Å². The zero-order valence-corrected chi connectivity index (χ0v) is 11.5. The molecule has 0 amide bonds. The first-order valence-corrected chi connectivity index (χ1v) is 7.22. The number of hydrogen-bond donors (Lipinski definition) is 1. The van der Waals surface area contributed by atoms with Crippen LogP contribution in [0.5, 0.6) is 0 Å². The van der Waals surface area contributed by atoms with Gasteiger partial charge in [-0.25, -0.2) is 0 Å². The number of nitrogens with two attached hydrogens (primary N) is 1. The summed E-state index contributed by atoms with van der Waals surface area (Å²) in [6.07, 6.45) is 9.97. The Balaban J connectivity index is 1.94. The SMILES string of the molecule is Cn1ccc(CN(CCCN)C2CCCCC2)n1. The van der Waals surface area contributed by atoms with E-state index in [-0.39, 0.29) is 0 Å². The first kappa shape index (κ1) is 13.6. The zero-order valence-electron chi connectivity index (χ0n) is 11.5. The van der Waals surface area contributed by atoms with Crippen LogP contribution in [0.3, 0.4) is 0 Å². The molecule has 0 unspecified atom stereocenters. The first-order valence-electron chi connectivity index (χ1n) is 7.22. The van der Waals surface area contributed by atoms with E-state index >= 15 is 0 Å². The highest BCUT2D eigenvalue weighted by atomic mass is 15.3. The molecule has 0 spiro atoms. The van der Waals surface area contributed by atoms with Crippen molar-refractivity contribution in [3.8, 4) is 0 Å². The average molecular weight is 250 g/mol. The molecule has 1 saturated carbocycles. The third-order valence-corrected chi connectivity index (χ3v) is 3.87. The van der Waals surface area contributed by atoms with Gasteiger partial charge in [0.2, 0.25) is 0 Å². The van der Waals surface area contributed by atoms with Gasteiger partial charge in [0.15, 0.2) is 0 Å². The van der Waals surface area contributed by atoms with Crippen LogP contribution < -0.4 is 5.73 Å². The van der Waals surface area contributed by atoms with E-state index in [9.17, 15) is 0 Å². The van der Waals surface area contributed by atoms with Gasteiger partial charge < -0.3 is 5.73 Å². The molecule has 4 heteroatoms. The summed E-state index contributed by atoms with van der Waals surface area (Å²) in [5, 5.41) is 4.50. The Labute approximate surface area is 110 Å². The largest absolute Gasteiger partial charge is 0.330 e. The maximum atomic E-state index is 5.66. The van der Waals surface area contributed by atoms with Gasteiger partial charge in [-0.05, 0) is 31.9 Å². The number of nitrogens with zero attached hydrogens (tertiary/aromatic N) is 3. The smallest absolute Gasteiger partial charge is 0.0764 e. The van der Waals surface area contributed by atoms with Crippen LogP contribution >= 0.6 is 0 Å². The Kier molecular flexibility index (Phi) is 5.20. The molecule has 0 aromatic carbocycles. The summed E-state index contributed by atoms with van der Waals surface area (Å²) in [6.45, 7) is 2.87. The second kappa shape index (κ2) is 6.90. The molecule has 1 aliphatic rings. The van der Waals surface area contributed by atoms with Crippen molar-refractivity contribution in [2.75, 3.05) is 13.1 Å². The molecule has 0 radical (unpaired) electrons. The van der Waals surface area contributed by atoms with Crippen molar-refractivity contribution < 1.29 is 0 Å². The van der Waals surface area contributed by atoms with Crippen LogP contribution in [-0.4, -0.2) is 33.8 Å². The van der Waals surface area contributed by atoms with Gasteiger partial charge in [-0.1, -0.05) is 19.3 Å². The molecule has 0 bridgehead atoms. The topological polar surface area (TPSA) is 47.1 Å². The van der Waals surface area contributed by atoms with Crippen LogP contribution in [0.4, 0.5) is 0 Å². The van der Waals surface area contributed by atoms with Crippen molar-refractivity contribution in [3.63, 3.8) is 0 Å². The molecule has 0 aliphatic heterocycles. The Morgan fingerprint density at radius 1 is 1.39 bits per heavy atom. The summed E-state index contributed by atoms with van der Waals surface area (Å²) >= 11 is 0. The van der Waals surface area contributed by atoms with Gasteiger partial charge in [-0.15, -0.1) is 0 Å². The van der Waals surface area contributed by atoms with E-state index in [0.29, 0.717) is 0 Å². The van der Waals surface area contributed by atoms with Gasteiger partial charge in [-0.3, -0.25) is 9.58 Å². The zero-order chi connectivity index (χ0) is 12.8. The van der Waals surface area contributed by atoms with E-state index in [0.717, 1.165) is 32.1 Å². The lowest BCUT2D eigenvalue weighted by Crippen LogP contribution is -2.37. The Morgan fingerprint density at radius 2 is 2.17 bits per heavy atom. The van der Waals surface area contributed by atoms with Gasteiger partial charge >= 0.3 is 0 Å². The molecule has 1 heterocycles. The van der Waals surface area contributed by atoms with Crippen LogP contribution in [-0.2, 0) is 13.6 Å². The molecule has 0 saturated heterocycles. The van der Waals surface area contributed by atoms with E-state index in [1.807, 2.05) is 17.9 Å².